The summed E-state index contributed by atoms with van der Waals surface area (Å²) in [6.45, 7) is 5.21. The lowest BCUT2D eigenvalue weighted by Crippen LogP contribution is -2.34. The van der Waals surface area contributed by atoms with Crippen molar-refractivity contribution in [2.24, 2.45) is 0 Å². The molecule has 0 unspecified atom stereocenters. The molecule has 3 N–H and O–H groups in total. The summed E-state index contributed by atoms with van der Waals surface area (Å²) in [6.07, 6.45) is 0.310. The van der Waals surface area contributed by atoms with Crippen molar-refractivity contribution in [3.8, 4) is 17.1 Å². The van der Waals surface area contributed by atoms with Crippen LogP contribution in [0.3, 0.4) is 0 Å². The van der Waals surface area contributed by atoms with E-state index in [2.05, 4.69) is 20.7 Å². The summed E-state index contributed by atoms with van der Waals surface area (Å²) in [5.41, 5.74) is 2.63. The molecule has 0 spiro atoms. The van der Waals surface area contributed by atoms with E-state index in [9.17, 15) is 9.59 Å². The molecule has 0 radical (unpaired) electrons. The molecule has 0 fully saturated rings. The van der Waals surface area contributed by atoms with Crippen molar-refractivity contribution < 1.29 is 4.79 Å². The first kappa shape index (κ1) is 27.9. The van der Waals surface area contributed by atoms with Crippen LogP contribution in [0, 0.1) is 0 Å². The lowest BCUT2D eigenvalue weighted by molar-refractivity contribution is 0.250. The van der Waals surface area contributed by atoms with Gasteiger partial charge in [-0.3, -0.25) is 9.89 Å². The van der Waals surface area contributed by atoms with Crippen molar-refractivity contribution in [2.75, 3.05) is 32.5 Å². The quantitative estimate of drug-likeness (QED) is 0.260. The minimum Gasteiger partial charge on any atom is -0.337 e. The maximum absolute atomic E-state index is 13.2. The number of aromatic nitrogens is 4. The number of halogens is 3. The smallest absolute Gasteiger partial charge is 0.319 e. The number of hydrogen-bond acceptors (Lipinski definition) is 5. The number of likely N-dealkylation sites (N-methyl/N-ethyl adjacent to an activating group) is 1. The molecule has 38 heavy (non-hydrogen) atoms. The molecule has 2 aliphatic rings. The lowest BCUT2D eigenvalue weighted by Gasteiger charge is -2.12. The third-order valence-corrected chi connectivity index (χ3v) is 6.61. The maximum Gasteiger partial charge on any atom is 0.319 e. The number of nitrogens with one attached hydrogen (secondary N) is 3. The molecule has 0 atom stereocenters. The summed E-state index contributed by atoms with van der Waals surface area (Å²) in [7, 11) is 3.88. The zero-order chi connectivity index (χ0) is 27.6. The van der Waals surface area contributed by atoms with Gasteiger partial charge >= 0.3 is 6.03 Å². The molecule has 200 valence electrons. The minimum absolute atomic E-state index is 0.00845. The summed E-state index contributed by atoms with van der Waals surface area (Å²) in [6, 6.07) is 10.2. The van der Waals surface area contributed by atoms with Crippen LogP contribution in [-0.4, -0.2) is 57.9 Å². The first-order valence-electron chi connectivity index (χ1n) is 12.0. The van der Waals surface area contributed by atoms with E-state index >= 15 is 0 Å². The van der Waals surface area contributed by atoms with Crippen molar-refractivity contribution in [3.63, 3.8) is 0 Å². The van der Waals surface area contributed by atoms with Gasteiger partial charge in [0.15, 0.2) is 5.82 Å². The Balaban J connectivity index is 1.62. The molecule has 0 aromatic heterocycles. The molecule has 2 aromatic carbocycles. The number of carbonyl (C=O) groups is 1. The average Bonchev–Trinajstić information content (AvgIpc) is 3.19. The number of H-pyrrole nitrogens is 1. The second kappa shape index (κ2) is 11.7. The summed E-state index contributed by atoms with van der Waals surface area (Å²) < 4.78 is 1.61. The van der Waals surface area contributed by atoms with E-state index in [-0.39, 0.29) is 11.9 Å². The summed E-state index contributed by atoms with van der Waals surface area (Å²) in [5.74, 6) is 0.710. The third-order valence-electron chi connectivity index (χ3n) is 5.82. The molecule has 4 rings (SSSR count). The monoisotopic (exact) mass is 575 g/mol. The number of aromatic amines is 1. The minimum atomic E-state index is -0.391. The second-order valence-electron chi connectivity index (χ2n) is 9.44. The van der Waals surface area contributed by atoms with Gasteiger partial charge in [0.1, 0.15) is 17.1 Å². The average molecular weight is 577 g/mol. The maximum atomic E-state index is 13.2. The van der Waals surface area contributed by atoms with Crippen molar-refractivity contribution >= 4 is 46.5 Å². The highest BCUT2D eigenvalue weighted by molar-refractivity contribution is 6.40. The number of rotatable bonds is 8. The predicted molar refractivity (Wildman–Crippen MR) is 153 cm³/mol. The van der Waals surface area contributed by atoms with Gasteiger partial charge in [-0.15, -0.1) is 0 Å². The van der Waals surface area contributed by atoms with Gasteiger partial charge < -0.3 is 15.5 Å². The van der Waals surface area contributed by atoms with E-state index in [1.54, 1.807) is 28.9 Å². The van der Waals surface area contributed by atoms with E-state index in [1.807, 2.05) is 45.0 Å². The summed E-state index contributed by atoms with van der Waals surface area (Å²) in [4.78, 5) is 36.2. The van der Waals surface area contributed by atoms with Gasteiger partial charge in [0, 0.05) is 30.2 Å². The van der Waals surface area contributed by atoms with Crippen LogP contribution >= 0.6 is 34.8 Å². The zero-order valence-corrected chi connectivity index (χ0v) is 23.7. The Kier molecular flexibility index (Phi) is 8.62. The van der Waals surface area contributed by atoms with Crippen molar-refractivity contribution in [3.05, 3.63) is 78.9 Å². The Labute approximate surface area is 235 Å². The Morgan fingerprint density at radius 3 is 2.34 bits per heavy atom. The van der Waals surface area contributed by atoms with Gasteiger partial charge in [0.05, 0.1) is 15.7 Å². The number of fused-ring (bicyclic) bond motifs is 1. The molecular weight excluding hydrogens is 549 g/mol. The van der Waals surface area contributed by atoms with Crippen LogP contribution in [0.4, 0.5) is 10.5 Å². The van der Waals surface area contributed by atoms with Crippen LogP contribution in [-0.2, 0) is 6.42 Å². The zero-order valence-electron chi connectivity index (χ0n) is 21.4. The van der Waals surface area contributed by atoms with E-state index in [0.29, 0.717) is 62.3 Å². The fourth-order valence-electron chi connectivity index (χ4n) is 3.96. The van der Waals surface area contributed by atoms with E-state index in [1.165, 1.54) is 0 Å². The van der Waals surface area contributed by atoms with Crippen LogP contribution in [0.1, 0.15) is 36.8 Å². The molecule has 9 nitrogen and oxygen atoms in total. The number of urea groups is 1. The molecule has 12 heteroatoms. The van der Waals surface area contributed by atoms with E-state index in [4.69, 9.17) is 39.8 Å². The van der Waals surface area contributed by atoms with Crippen molar-refractivity contribution in [1.29, 1.82) is 0 Å². The van der Waals surface area contributed by atoms with E-state index < -0.39 is 5.56 Å². The Bertz CT molecular complexity index is 1460. The van der Waals surface area contributed by atoms with Gasteiger partial charge in [-0.05, 0) is 49.8 Å². The number of nitrogens with zero attached hydrogens (tertiary/aromatic N) is 4. The van der Waals surface area contributed by atoms with E-state index in [0.717, 1.165) is 12.1 Å². The fraction of sp³-hybridized carbons (Fsp3) is 0.308. The Morgan fingerprint density at radius 2 is 1.74 bits per heavy atom. The second-order valence-corrected chi connectivity index (χ2v) is 10.7. The number of hydrogen-bond donors (Lipinski definition) is 3. The third kappa shape index (κ3) is 6.30. The molecule has 0 saturated carbocycles. The normalized spacial score (nSPS) is 11.5. The molecule has 2 amide bonds. The first-order chi connectivity index (χ1) is 18.0. The van der Waals surface area contributed by atoms with Crippen LogP contribution in [0.5, 0.6) is 0 Å². The van der Waals surface area contributed by atoms with Gasteiger partial charge in [-0.25, -0.2) is 14.5 Å². The molecule has 0 bridgehead atoms. The lowest BCUT2D eigenvalue weighted by atomic mass is 10.1. The first-order valence-corrected chi connectivity index (χ1v) is 13.1. The number of carbonyl (C=O) groups excluding carboxylic acids is 1. The largest absolute Gasteiger partial charge is 0.337 e. The van der Waals surface area contributed by atoms with Crippen LogP contribution in [0.2, 0.25) is 15.1 Å². The number of anilines is 1. The van der Waals surface area contributed by atoms with Crippen molar-refractivity contribution in [1.82, 2.24) is 30.0 Å². The van der Waals surface area contributed by atoms with Crippen LogP contribution in [0.25, 0.3) is 17.1 Å². The SMILES string of the molecule is CC(C)c1[nH]n(-c2c(Cl)cc(Cl)cc2Cl)c2nc(Cc3ccc(NC(=O)NCCN(C)C)cc3)nc(=O)c1-2. The van der Waals surface area contributed by atoms with Gasteiger partial charge in [0.2, 0.25) is 0 Å². The molecule has 0 saturated heterocycles. The van der Waals surface area contributed by atoms with Crippen LogP contribution < -0.4 is 16.2 Å². The topological polar surface area (TPSA) is 108 Å². The molecule has 0 aliphatic carbocycles. The van der Waals surface area contributed by atoms with Crippen LogP contribution in [0.15, 0.2) is 41.2 Å². The highest BCUT2D eigenvalue weighted by atomic mass is 35.5. The summed E-state index contributed by atoms with van der Waals surface area (Å²) in [5, 5.41) is 9.86. The Hall–Kier alpha value is -3.11. The van der Waals surface area contributed by atoms with Gasteiger partial charge in [0.25, 0.3) is 5.56 Å². The predicted octanol–water partition coefficient (Wildman–Crippen LogP) is 5.42. The highest BCUT2D eigenvalue weighted by Gasteiger charge is 2.27. The number of amides is 2. The Morgan fingerprint density at radius 1 is 1.08 bits per heavy atom. The molecule has 2 aromatic rings. The fourth-order valence-corrected chi connectivity index (χ4v) is 4.95. The highest BCUT2D eigenvalue weighted by Crippen LogP contribution is 2.36. The standard InChI is InChI=1S/C26H28Cl3N7O2/c1-14(2)22-21-24(36(34-22)23-18(28)12-16(27)13-19(23)29)32-20(33-25(21)37)11-15-5-7-17(8-6-15)31-26(38)30-9-10-35(3)4/h5-8,12-14,34H,9-11H2,1-4H3,(H2,30,31,38). The molecule has 2 aliphatic heterocycles. The molecular formula is C26H28Cl3N7O2. The summed E-state index contributed by atoms with van der Waals surface area (Å²) >= 11 is 19.1. The van der Waals surface area contributed by atoms with Crippen molar-refractivity contribution in [2.45, 2.75) is 26.2 Å². The van der Waals surface area contributed by atoms with Gasteiger partial charge in [-0.1, -0.05) is 60.8 Å². The number of benzene rings is 2. The van der Waals surface area contributed by atoms with Gasteiger partial charge in [-0.2, -0.15) is 4.98 Å². The molecule has 2 heterocycles.